The topological polar surface area (TPSA) is 79.0 Å². The van der Waals surface area contributed by atoms with E-state index in [9.17, 15) is 4.79 Å². The summed E-state index contributed by atoms with van der Waals surface area (Å²) in [5, 5.41) is 6.88. The zero-order chi connectivity index (χ0) is 17.1. The molecule has 0 fully saturated rings. The van der Waals surface area contributed by atoms with Crippen molar-refractivity contribution < 1.29 is 9.53 Å². The van der Waals surface area contributed by atoms with Crippen LogP contribution >= 0.6 is 11.6 Å². The standard InChI is InChI=1S/C17H17ClN4O2/c1-19-17(23)21-9-12-5-11-6-14(18)13(7-15(11)22-12)10-3-4-16(24-2)20-8-10/h3-8,22H,9H2,1-2H3,(H2,19,21,23). The molecule has 2 heterocycles. The Morgan fingerprint density at radius 2 is 2.17 bits per heavy atom. The average molecular weight is 345 g/mol. The van der Waals surface area contributed by atoms with E-state index in [1.54, 1.807) is 26.4 Å². The average Bonchev–Trinajstić information content (AvgIpc) is 3.00. The molecule has 0 atom stereocenters. The number of nitrogens with one attached hydrogen (secondary N) is 3. The Balaban J connectivity index is 1.92. The van der Waals surface area contributed by atoms with Crippen LogP contribution in [0.25, 0.3) is 22.0 Å². The molecule has 0 aliphatic heterocycles. The number of ether oxygens (including phenoxy) is 1. The molecule has 3 rings (SSSR count). The van der Waals surface area contributed by atoms with Gasteiger partial charge in [-0.1, -0.05) is 11.6 Å². The second kappa shape index (κ2) is 6.80. The van der Waals surface area contributed by atoms with E-state index in [0.29, 0.717) is 17.4 Å². The van der Waals surface area contributed by atoms with Crippen LogP contribution in [-0.4, -0.2) is 30.2 Å². The molecule has 2 aromatic heterocycles. The summed E-state index contributed by atoms with van der Waals surface area (Å²) in [5.74, 6) is 0.554. The van der Waals surface area contributed by atoms with Crippen LogP contribution < -0.4 is 15.4 Å². The normalized spacial score (nSPS) is 10.6. The van der Waals surface area contributed by atoms with Gasteiger partial charge in [0.15, 0.2) is 0 Å². The Labute approximate surface area is 144 Å². The molecule has 24 heavy (non-hydrogen) atoms. The zero-order valence-electron chi connectivity index (χ0n) is 13.3. The Bertz CT molecular complexity index is 874. The summed E-state index contributed by atoms with van der Waals surface area (Å²) in [5.41, 5.74) is 3.63. The predicted molar refractivity (Wildman–Crippen MR) is 94.4 cm³/mol. The van der Waals surface area contributed by atoms with Crippen molar-refractivity contribution in [3.63, 3.8) is 0 Å². The first-order valence-electron chi connectivity index (χ1n) is 7.38. The molecule has 3 N–H and O–H groups in total. The molecule has 0 aliphatic carbocycles. The van der Waals surface area contributed by atoms with Crippen LogP contribution in [0.4, 0.5) is 4.79 Å². The van der Waals surface area contributed by atoms with E-state index < -0.39 is 0 Å². The number of fused-ring (bicyclic) bond motifs is 1. The smallest absolute Gasteiger partial charge is 0.314 e. The van der Waals surface area contributed by atoms with Crippen molar-refractivity contribution >= 4 is 28.5 Å². The number of halogens is 1. The monoisotopic (exact) mass is 344 g/mol. The van der Waals surface area contributed by atoms with Gasteiger partial charge in [-0.25, -0.2) is 9.78 Å². The maximum absolute atomic E-state index is 11.3. The Kier molecular flexibility index (Phi) is 4.57. The minimum Gasteiger partial charge on any atom is -0.481 e. The summed E-state index contributed by atoms with van der Waals surface area (Å²) < 4.78 is 5.07. The van der Waals surface area contributed by atoms with Gasteiger partial charge >= 0.3 is 6.03 Å². The molecular formula is C17H17ClN4O2. The second-order valence-electron chi connectivity index (χ2n) is 5.24. The van der Waals surface area contributed by atoms with Gasteiger partial charge in [-0.15, -0.1) is 0 Å². The van der Waals surface area contributed by atoms with Gasteiger partial charge in [0.1, 0.15) is 0 Å². The highest BCUT2D eigenvalue weighted by Gasteiger charge is 2.09. The molecular weight excluding hydrogens is 328 g/mol. The number of urea groups is 1. The molecule has 124 valence electrons. The Morgan fingerprint density at radius 1 is 1.33 bits per heavy atom. The van der Waals surface area contributed by atoms with Crippen LogP contribution in [0.15, 0.2) is 36.5 Å². The first-order valence-corrected chi connectivity index (χ1v) is 7.75. The summed E-state index contributed by atoms with van der Waals surface area (Å²) in [4.78, 5) is 18.8. The lowest BCUT2D eigenvalue weighted by Crippen LogP contribution is -2.32. The van der Waals surface area contributed by atoms with Gasteiger partial charge < -0.3 is 20.4 Å². The number of rotatable bonds is 4. The van der Waals surface area contributed by atoms with Crippen molar-refractivity contribution in [2.75, 3.05) is 14.2 Å². The molecule has 0 saturated carbocycles. The third kappa shape index (κ3) is 3.28. The van der Waals surface area contributed by atoms with Crippen LogP contribution in [0.5, 0.6) is 5.88 Å². The van der Waals surface area contributed by atoms with Crippen LogP contribution in [-0.2, 0) is 6.54 Å². The van der Waals surface area contributed by atoms with E-state index in [4.69, 9.17) is 16.3 Å². The molecule has 0 bridgehead atoms. The van der Waals surface area contributed by atoms with Crippen LogP contribution in [0.3, 0.4) is 0 Å². The number of hydrogen-bond acceptors (Lipinski definition) is 3. The van der Waals surface area contributed by atoms with Gasteiger partial charge in [0.2, 0.25) is 5.88 Å². The van der Waals surface area contributed by atoms with Crippen LogP contribution in [0, 0.1) is 0 Å². The van der Waals surface area contributed by atoms with Crippen molar-refractivity contribution in [2.45, 2.75) is 6.54 Å². The lowest BCUT2D eigenvalue weighted by Gasteiger charge is -2.06. The molecule has 0 aliphatic rings. The third-order valence-electron chi connectivity index (χ3n) is 3.69. The van der Waals surface area contributed by atoms with Crippen molar-refractivity contribution in [2.24, 2.45) is 0 Å². The summed E-state index contributed by atoms with van der Waals surface area (Å²) in [7, 11) is 3.16. The van der Waals surface area contributed by atoms with E-state index in [1.165, 1.54) is 0 Å². The fraction of sp³-hybridized carbons (Fsp3) is 0.176. The maximum atomic E-state index is 11.3. The molecule has 6 nitrogen and oxygen atoms in total. The van der Waals surface area contributed by atoms with Crippen molar-refractivity contribution in [3.8, 4) is 17.0 Å². The van der Waals surface area contributed by atoms with Crippen LogP contribution in [0.1, 0.15) is 5.69 Å². The fourth-order valence-corrected chi connectivity index (χ4v) is 2.73. The molecule has 1 aromatic carbocycles. The van der Waals surface area contributed by atoms with Gasteiger partial charge in [-0.05, 0) is 24.3 Å². The largest absolute Gasteiger partial charge is 0.481 e. The number of aromatic amines is 1. The first-order chi connectivity index (χ1) is 11.6. The SMILES string of the molecule is CNC(=O)NCc1cc2cc(Cl)c(-c3ccc(OC)nc3)cc2[nH]1. The summed E-state index contributed by atoms with van der Waals surface area (Å²) in [6.07, 6.45) is 1.73. The number of methoxy groups -OCH3 is 1. The number of hydrogen-bond donors (Lipinski definition) is 3. The van der Waals surface area contributed by atoms with Gasteiger partial charge in [-0.3, -0.25) is 0 Å². The Hall–Kier alpha value is -2.73. The number of pyridine rings is 1. The third-order valence-corrected chi connectivity index (χ3v) is 4.00. The lowest BCUT2D eigenvalue weighted by atomic mass is 10.1. The van der Waals surface area contributed by atoms with E-state index in [1.807, 2.05) is 24.3 Å². The van der Waals surface area contributed by atoms with E-state index in [0.717, 1.165) is 27.7 Å². The number of aromatic nitrogens is 2. The summed E-state index contributed by atoms with van der Waals surface area (Å²) >= 11 is 6.42. The summed E-state index contributed by atoms with van der Waals surface area (Å²) in [6, 6.07) is 9.32. The molecule has 0 unspecified atom stereocenters. The number of amides is 2. The Morgan fingerprint density at radius 3 is 2.83 bits per heavy atom. The molecule has 3 aromatic rings. The minimum absolute atomic E-state index is 0.225. The maximum Gasteiger partial charge on any atom is 0.314 e. The highest BCUT2D eigenvalue weighted by molar-refractivity contribution is 6.34. The van der Waals surface area contributed by atoms with E-state index in [2.05, 4.69) is 20.6 Å². The number of nitrogens with zero attached hydrogens (tertiary/aromatic N) is 1. The van der Waals surface area contributed by atoms with E-state index in [-0.39, 0.29) is 6.03 Å². The van der Waals surface area contributed by atoms with Gasteiger partial charge in [0.25, 0.3) is 0 Å². The van der Waals surface area contributed by atoms with E-state index >= 15 is 0 Å². The lowest BCUT2D eigenvalue weighted by molar-refractivity contribution is 0.242. The first kappa shape index (κ1) is 16.1. The van der Waals surface area contributed by atoms with Crippen molar-refractivity contribution in [3.05, 3.63) is 47.2 Å². The number of carbonyl (C=O) groups excluding carboxylic acids is 1. The fourth-order valence-electron chi connectivity index (χ4n) is 2.45. The molecule has 0 saturated heterocycles. The zero-order valence-corrected chi connectivity index (χ0v) is 14.1. The number of benzene rings is 1. The number of H-pyrrole nitrogens is 1. The molecule has 0 radical (unpaired) electrons. The summed E-state index contributed by atoms with van der Waals surface area (Å²) in [6.45, 7) is 0.408. The molecule has 7 heteroatoms. The van der Waals surface area contributed by atoms with Gasteiger partial charge in [-0.2, -0.15) is 0 Å². The molecule has 0 spiro atoms. The van der Waals surface area contributed by atoms with Crippen LogP contribution in [0.2, 0.25) is 5.02 Å². The highest BCUT2D eigenvalue weighted by Crippen LogP contribution is 2.32. The quantitative estimate of drug-likeness (QED) is 0.679. The second-order valence-corrected chi connectivity index (χ2v) is 5.64. The molecule has 2 amide bonds. The van der Waals surface area contributed by atoms with Crippen molar-refractivity contribution in [1.82, 2.24) is 20.6 Å². The highest BCUT2D eigenvalue weighted by atomic mass is 35.5. The van der Waals surface area contributed by atoms with Gasteiger partial charge in [0, 0.05) is 52.1 Å². The predicted octanol–water partition coefficient (Wildman–Crippen LogP) is 3.32. The minimum atomic E-state index is -0.225. The van der Waals surface area contributed by atoms with Gasteiger partial charge in [0.05, 0.1) is 13.7 Å². The van der Waals surface area contributed by atoms with Crippen molar-refractivity contribution in [1.29, 1.82) is 0 Å². The number of carbonyl (C=O) groups is 1.